The second kappa shape index (κ2) is 5.78. The van der Waals surface area contributed by atoms with E-state index in [1.165, 1.54) is 0 Å². The van der Waals surface area contributed by atoms with Gasteiger partial charge in [-0.15, -0.1) is 0 Å². The Morgan fingerprint density at radius 2 is 1.86 bits per heavy atom. The number of fused-ring (bicyclic) bond motifs is 1. The second-order valence-corrected chi connectivity index (χ2v) is 5.08. The summed E-state index contributed by atoms with van der Waals surface area (Å²) < 4.78 is 0. The van der Waals surface area contributed by atoms with Crippen LogP contribution in [-0.4, -0.2) is 42.6 Å². The van der Waals surface area contributed by atoms with Gasteiger partial charge in [-0.25, -0.2) is 4.98 Å². The first kappa shape index (κ1) is 13.4. The van der Waals surface area contributed by atoms with Crippen molar-refractivity contribution in [3.8, 4) is 12.1 Å². The third-order valence-electron chi connectivity index (χ3n) is 3.81. The lowest BCUT2D eigenvalue weighted by Crippen LogP contribution is -2.46. The van der Waals surface area contributed by atoms with Crippen LogP contribution >= 0.6 is 0 Å². The lowest BCUT2D eigenvalue weighted by molar-refractivity contribution is 0.286. The minimum Gasteiger partial charge on any atom is -0.354 e. The Morgan fingerprint density at radius 1 is 1.10 bits per heavy atom. The van der Waals surface area contributed by atoms with E-state index in [1.54, 1.807) is 0 Å². The topological polar surface area (TPSA) is 67.0 Å². The van der Waals surface area contributed by atoms with Gasteiger partial charge in [-0.1, -0.05) is 18.2 Å². The summed E-state index contributed by atoms with van der Waals surface area (Å²) in [6.45, 7) is 3.84. The van der Waals surface area contributed by atoms with Gasteiger partial charge in [-0.05, 0) is 12.1 Å². The van der Waals surface area contributed by atoms with Gasteiger partial charge in [-0.3, -0.25) is 4.90 Å². The van der Waals surface area contributed by atoms with Crippen molar-refractivity contribution in [2.75, 3.05) is 37.6 Å². The first-order valence-corrected chi connectivity index (χ1v) is 6.96. The molecule has 2 aromatic rings. The highest BCUT2D eigenvalue weighted by Crippen LogP contribution is 2.23. The van der Waals surface area contributed by atoms with Crippen LogP contribution in [0.5, 0.6) is 0 Å². The number of pyridine rings is 1. The maximum Gasteiger partial charge on any atom is 0.130 e. The van der Waals surface area contributed by atoms with E-state index >= 15 is 0 Å². The standard InChI is InChI=1S/C16H15N5/c17-5-6-20-7-9-21(10-8-20)16-11-13(12-18)14-3-1-2-4-15(14)19-16/h1-4,11H,6-10H2. The summed E-state index contributed by atoms with van der Waals surface area (Å²) >= 11 is 0. The van der Waals surface area contributed by atoms with Crippen LogP contribution in [0.3, 0.4) is 0 Å². The van der Waals surface area contributed by atoms with Crippen molar-refractivity contribution in [1.29, 1.82) is 10.5 Å². The van der Waals surface area contributed by atoms with Crippen LogP contribution in [0.2, 0.25) is 0 Å². The molecule has 1 saturated heterocycles. The first-order chi connectivity index (χ1) is 10.3. The number of benzene rings is 1. The summed E-state index contributed by atoms with van der Waals surface area (Å²) in [6, 6.07) is 14.0. The number of nitriles is 2. The molecule has 0 saturated carbocycles. The monoisotopic (exact) mass is 277 g/mol. The Bertz CT molecular complexity index is 732. The van der Waals surface area contributed by atoms with Crippen molar-refractivity contribution < 1.29 is 0 Å². The molecule has 104 valence electrons. The van der Waals surface area contributed by atoms with Crippen LogP contribution < -0.4 is 4.90 Å². The number of rotatable bonds is 2. The van der Waals surface area contributed by atoms with Crippen molar-refractivity contribution in [1.82, 2.24) is 9.88 Å². The zero-order chi connectivity index (χ0) is 14.7. The summed E-state index contributed by atoms with van der Waals surface area (Å²) in [4.78, 5) is 8.98. The molecule has 2 heterocycles. The highest BCUT2D eigenvalue weighted by molar-refractivity contribution is 5.86. The zero-order valence-electron chi connectivity index (χ0n) is 11.7. The van der Waals surface area contributed by atoms with Gasteiger partial charge in [0.1, 0.15) is 5.82 Å². The number of piperazine rings is 1. The van der Waals surface area contributed by atoms with Crippen LogP contribution in [0.25, 0.3) is 10.9 Å². The van der Waals surface area contributed by atoms with E-state index in [9.17, 15) is 5.26 Å². The molecule has 0 N–H and O–H groups in total. The van der Waals surface area contributed by atoms with E-state index in [0.717, 1.165) is 42.9 Å². The molecule has 0 spiro atoms. The SMILES string of the molecule is N#CCN1CCN(c2cc(C#N)c3ccccc3n2)CC1. The fourth-order valence-corrected chi connectivity index (χ4v) is 2.65. The van der Waals surface area contributed by atoms with E-state index in [0.29, 0.717) is 12.1 Å². The Morgan fingerprint density at radius 3 is 2.57 bits per heavy atom. The van der Waals surface area contributed by atoms with Gasteiger partial charge in [0.25, 0.3) is 0 Å². The van der Waals surface area contributed by atoms with Gasteiger partial charge in [-0.2, -0.15) is 10.5 Å². The number of para-hydroxylation sites is 1. The van der Waals surface area contributed by atoms with E-state index < -0.39 is 0 Å². The number of nitrogens with zero attached hydrogens (tertiary/aromatic N) is 5. The minimum atomic E-state index is 0.475. The molecule has 0 amide bonds. The van der Waals surface area contributed by atoms with Crippen LogP contribution in [0, 0.1) is 22.7 Å². The smallest absolute Gasteiger partial charge is 0.130 e. The fourth-order valence-electron chi connectivity index (χ4n) is 2.65. The Hall–Kier alpha value is -2.63. The normalized spacial score (nSPS) is 15.6. The molecule has 1 aromatic carbocycles. The maximum absolute atomic E-state index is 9.33. The number of hydrogen-bond acceptors (Lipinski definition) is 5. The molecule has 5 nitrogen and oxygen atoms in total. The van der Waals surface area contributed by atoms with Crippen LogP contribution in [0.1, 0.15) is 5.56 Å². The van der Waals surface area contributed by atoms with Gasteiger partial charge in [0.15, 0.2) is 0 Å². The quantitative estimate of drug-likeness (QED) is 0.782. The van der Waals surface area contributed by atoms with Gasteiger partial charge in [0.05, 0.1) is 29.8 Å². The van der Waals surface area contributed by atoms with E-state index in [4.69, 9.17) is 5.26 Å². The summed E-state index contributed by atoms with van der Waals surface area (Å²) in [5.74, 6) is 0.849. The molecular formula is C16H15N5. The number of anilines is 1. The molecular weight excluding hydrogens is 262 g/mol. The Labute approximate surface area is 123 Å². The molecule has 1 fully saturated rings. The predicted molar refractivity (Wildman–Crippen MR) is 80.7 cm³/mol. The van der Waals surface area contributed by atoms with Gasteiger partial charge in [0, 0.05) is 31.6 Å². The third-order valence-corrected chi connectivity index (χ3v) is 3.81. The van der Waals surface area contributed by atoms with Crippen molar-refractivity contribution >= 4 is 16.7 Å². The van der Waals surface area contributed by atoms with Crippen molar-refractivity contribution in [3.05, 3.63) is 35.9 Å². The molecule has 0 atom stereocenters. The highest BCUT2D eigenvalue weighted by atomic mass is 15.3. The molecule has 1 aliphatic rings. The summed E-state index contributed by atoms with van der Waals surface area (Å²) in [5, 5.41) is 19.0. The van der Waals surface area contributed by atoms with Crippen molar-refractivity contribution in [3.63, 3.8) is 0 Å². The van der Waals surface area contributed by atoms with Crippen LogP contribution in [0.15, 0.2) is 30.3 Å². The van der Waals surface area contributed by atoms with Crippen LogP contribution in [-0.2, 0) is 0 Å². The molecule has 0 bridgehead atoms. The molecule has 5 heteroatoms. The van der Waals surface area contributed by atoms with Gasteiger partial charge < -0.3 is 4.90 Å². The average Bonchev–Trinajstić information content (AvgIpc) is 2.55. The van der Waals surface area contributed by atoms with E-state index in [1.807, 2.05) is 30.3 Å². The number of aromatic nitrogens is 1. The molecule has 1 aromatic heterocycles. The fraction of sp³-hybridized carbons (Fsp3) is 0.312. The summed E-state index contributed by atoms with van der Waals surface area (Å²) in [7, 11) is 0. The predicted octanol–water partition coefficient (Wildman–Crippen LogP) is 1.75. The maximum atomic E-state index is 9.33. The highest BCUT2D eigenvalue weighted by Gasteiger charge is 2.18. The molecule has 1 aliphatic heterocycles. The first-order valence-electron chi connectivity index (χ1n) is 6.96. The largest absolute Gasteiger partial charge is 0.354 e. The zero-order valence-corrected chi connectivity index (χ0v) is 11.7. The minimum absolute atomic E-state index is 0.475. The van der Waals surface area contributed by atoms with Crippen LogP contribution in [0.4, 0.5) is 5.82 Å². The number of hydrogen-bond donors (Lipinski definition) is 0. The van der Waals surface area contributed by atoms with E-state index in [-0.39, 0.29) is 0 Å². The molecule has 3 rings (SSSR count). The van der Waals surface area contributed by atoms with Crippen molar-refractivity contribution in [2.45, 2.75) is 0 Å². The molecule has 0 radical (unpaired) electrons. The van der Waals surface area contributed by atoms with E-state index in [2.05, 4.69) is 26.9 Å². The Balaban J connectivity index is 1.89. The Kier molecular flexibility index (Phi) is 3.68. The summed E-state index contributed by atoms with van der Waals surface area (Å²) in [6.07, 6.45) is 0. The molecule has 0 unspecified atom stereocenters. The lowest BCUT2D eigenvalue weighted by Gasteiger charge is -2.34. The van der Waals surface area contributed by atoms with Gasteiger partial charge in [0.2, 0.25) is 0 Å². The van der Waals surface area contributed by atoms with Gasteiger partial charge >= 0.3 is 0 Å². The third kappa shape index (κ3) is 2.65. The summed E-state index contributed by atoms with van der Waals surface area (Å²) in [5.41, 5.74) is 1.51. The van der Waals surface area contributed by atoms with Crippen molar-refractivity contribution in [2.24, 2.45) is 0 Å². The molecule has 0 aliphatic carbocycles. The average molecular weight is 277 g/mol. The second-order valence-electron chi connectivity index (χ2n) is 5.08. The molecule has 21 heavy (non-hydrogen) atoms. The lowest BCUT2D eigenvalue weighted by atomic mass is 10.1.